The molecular weight excluding hydrogens is 150 g/mol. The van der Waals surface area contributed by atoms with Gasteiger partial charge in [-0.15, -0.1) is 0 Å². The molecule has 0 unspecified atom stereocenters. The Labute approximate surface area is 72.8 Å². The van der Waals surface area contributed by atoms with Crippen molar-refractivity contribution in [2.75, 3.05) is 5.32 Å². The summed E-state index contributed by atoms with van der Waals surface area (Å²) < 4.78 is 2.08. The van der Waals surface area contributed by atoms with Crippen molar-refractivity contribution in [3.63, 3.8) is 0 Å². The lowest BCUT2D eigenvalue weighted by Gasteiger charge is -2.27. The van der Waals surface area contributed by atoms with E-state index in [1.54, 1.807) is 0 Å². The lowest BCUT2D eigenvalue weighted by molar-refractivity contribution is 0.412. The molecule has 1 N–H and O–H groups in total. The number of nitrogens with zero attached hydrogens (tertiary/aromatic N) is 2. The van der Waals surface area contributed by atoms with Crippen LogP contribution >= 0.6 is 0 Å². The number of rotatable bonds is 0. The van der Waals surface area contributed by atoms with Crippen molar-refractivity contribution < 1.29 is 0 Å². The van der Waals surface area contributed by atoms with Gasteiger partial charge in [-0.3, -0.25) is 0 Å². The zero-order valence-electron chi connectivity index (χ0n) is 7.83. The normalized spacial score (nSPS) is 27.9. The summed E-state index contributed by atoms with van der Waals surface area (Å²) in [5.74, 6) is 1.17. The first-order chi connectivity index (χ1) is 5.66. The van der Waals surface area contributed by atoms with Gasteiger partial charge in [-0.25, -0.2) is 4.68 Å². The maximum absolute atomic E-state index is 4.42. The first-order valence-electron chi connectivity index (χ1n) is 4.49. The molecule has 0 radical (unpaired) electrons. The Morgan fingerprint density at radius 3 is 3.08 bits per heavy atom. The highest BCUT2D eigenvalue weighted by molar-refractivity contribution is 5.39. The summed E-state index contributed by atoms with van der Waals surface area (Å²) in [6, 6.07) is 3.21. The summed E-state index contributed by atoms with van der Waals surface area (Å²) >= 11 is 0. The first kappa shape index (κ1) is 7.65. The molecule has 1 aliphatic heterocycles. The predicted molar refractivity (Wildman–Crippen MR) is 49.4 cm³/mol. The number of anilines is 1. The van der Waals surface area contributed by atoms with Gasteiger partial charge in [0.1, 0.15) is 5.82 Å². The zero-order valence-corrected chi connectivity index (χ0v) is 7.83. The van der Waals surface area contributed by atoms with Gasteiger partial charge in [0.15, 0.2) is 0 Å². The van der Waals surface area contributed by atoms with Crippen molar-refractivity contribution in [2.24, 2.45) is 0 Å². The molecule has 66 valence electrons. The molecule has 1 aliphatic rings. The van der Waals surface area contributed by atoms with E-state index in [0.717, 1.165) is 12.1 Å². The lowest BCUT2D eigenvalue weighted by atomic mass is 10.1. The number of aromatic nitrogens is 2. The quantitative estimate of drug-likeness (QED) is 0.637. The van der Waals surface area contributed by atoms with E-state index in [4.69, 9.17) is 0 Å². The Kier molecular flexibility index (Phi) is 1.60. The van der Waals surface area contributed by atoms with Crippen molar-refractivity contribution >= 4 is 5.82 Å². The van der Waals surface area contributed by atoms with E-state index < -0.39 is 0 Å². The van der Waals surface area contributed by atoms with Crippen LogP contribution in [0.4, 0.5) is 5.82 Å². The molecule has 12 heavy (non-hydrogen) atoms. The molecule has 3 heteroatoms. The molecule has 3 nitrogen and oxygen atoms in total. The molecule has 0 spiro atoms. The number of fused-ring (bicyclic) bond motifs is 1. The van der Waals surface area contributed by atoms with E-state index >= 15 is 0 Å². The predicted octanol–water partition coefficient (Wildman–Crippen LogP) is 1.96. The van der Waals surface area contributed by atoms with Crippen LogP contribution in [0, 0.1) is 6.92 Å². The van der Waals surface area contributed by atoms with Gasteiger partial charge < -0.3 is 5.32 Å². The van der Waals surface area contributed by atoms with Gasteiger partial charge in [0.2, 0.25) is 0 Å². The molecule has 0 fully saturated rings. The Morgan fingerprint density at radius 2 is 2.33 bits per heavy atom. The third kappa shape index (κ3) is 1.09. The first-order valence-corrected chi connectivity index (χ1v) is 4.49. The molecular formula is C9H15N3. The summed E-state index contributed by atoms with van der Waals surface area (Å²) in [6.45, 7) is 6.46. The molecule has 2 rings (SSSR count). The molecule has 0 aliphatic carbocycles. The van der Waals surface area contributed by atoms with E-state index in [1.807, 2.05) is 6.92 Å². The third-order valence-corrected chi connectivity index (χ3v) is 2.36. The maximum atomic E-state index is 4.42. The van der Waals surface area contributed by atoms with Gasteiger partial charge in [-0.1, -0.05) is 0 Å². The minimum atomic E-state index is 0.532. The van der Waals surface area contributed by atoms with Crippen molar-refractivity contribution in [3.8, 4) is 0 Å². The van der Waals surface area contributed by atoms with Crippen LogP contribution in [0.3, 0.4) is 0 Å². The van der Waals surface area contributed by atoms with E-state index in [2.05, 4.69) is 35.0 Å². The van der Waals surface area contributed by atoms with Gasteiger partial charge in [0.05, 0.1) is 11.7 Å². The highest BCUT2D eigenvalue weighted by Crippen LogP contribution is 2.26. The smallest absolute Gasteiger partial charge is 0.125 e. The van der Waals surface area contributed by atoms with Crippen LogP contribution in [0.25, 0.3) is 0 Å². The molecule has 2 atom stereocenters. The van der Waals surface area contributed by atoms with Crippen molar-refractivity contribution in [2.45, 2.75) is 39.3 Å². The van der Waals surface area contributed by atoms with E-state index in [9.17, 15) is 0 Å². The van der Waals surface area contributed by atoms with E-state index in [0.29, 0.717) is 12.1 Å². The second-order valence-electron chi connectivity index (χ2n) is 3.75. The van der Waals surface area contributed by atoms with Gasteiger partial charge in [0, 0.05) is 12.1 Å². The Morgan fingerprint density at radius 1 is 1.58 bits per heavy atom. The summed E-state index contributed by atoms with van der Waals surface area (Å²) in [5.41, 5.74) is 1.10. The number of nitrogens with one attached hydrogen (secondary N) is 1. The van der Waals surface area contributed by atoms with Crippen molar-refractivity contribution in [1.29, 1.82) is 0 Å². The fourth-order valence-electron chi connectivity index (χ4n) is 1.88. The highest BCUT2D eigenvalue weighted by atomic mass is 15.4. The number of hydrogen-bond acceptors (Lipinski definition) is 2. The number of hydrogen-bond donors (Lipinski definition) is 1. The topological polar surface area (TPSA) is 29.9 Å². The molecule has 0 bridgehead atoms. The summed E-state index contributed by atoms with van der Waals surface area (Å²) in [4.78, 5) is 0. The van der Waals surface area contributed by atoms with Gasteiger partial charge in [-0.2, -0.15) is 5.10 Å². The van der Waals surface area contributed by atoms with Crippen LogP contribution in [0.5, 0.6) is 0 Å². The average Bonchev–Trinajstić information content (AvgIpc) is 2.29. The lowest BCUT2D eigenvalue weighted by Crippen LogP contribution is -2.28. The molecule has 2 heterocycles. The minimum absolute atomic E-state index is 0.532. The van der Waals surface area contributed by atoms with Gasteiger partial charge in [0.25, 0.3) is 0 Å². The molecule has 0 aromatic carbocycles. The second-order valence-corrected chi connectivity index (χ2v) is 3.75. The Bertz CT molecular complexity index is 290. The Balaban J connectivity index is 2.40. The minimum Gasteiger partial charge on any atom is -0.368 e. The summed E-state index contributed by atoms with van der Waals surface area (Å²) in [6.07, 6.45) is 1.16. The van der Waals surface area contributed by atoms with E-state index in [-0.39, 0.29) is 0 Å². The number of aryl methyl sites for hydroxylation is 1. The Hall–Kier alpha value is -0.990. The largest absolute Gasteiger partial charge is 0.368 e. The zero-order chi connectivity index (χ0) is 8.72. The van der Waals surface area contributed by atoms with Gasteiger partial charge in [-0.05, 0) is 27.2 Å². The third-order valence-electron chi connectivity index (χ3n) is 2.36. The van der Waals surface area contributed by atoms with Gasteiger partial charge >= 0.3 is 0 Å². The maximum Gasteiger partial charge on any atom is 0.125 e. The van der Waals surface area contributed by atoms with Crippen LogP contribution in [0.2, 0.25) is 0 Å². The molecule has 0 saturated carbocycles. The van der Waals surface area contributed by atoms with Crippen LogP contribution < -0.4 is 5.32 Å². The fraction of sp³-hybridized carbons (Fsp3) is 0.667. The van der Waals surface area contributed by atoms with Crippen LogP contribution in [-0.2, 0) is 0 Å². The van der Waals surface area contributed by atoms with Crippen molar-refractivity contribution in [1.82, 2.24) is 9.78 Å². The SMILES string of the molecule is Cc1cc2n(n1)[C@H](C)C[C@@H](C)N2. The van der Waals surface area contributed by atoms with Crippen LogP contribution in [0.15, 0.2) is 6.07 Å². The standard InChI is InChI=1S/C9H15N3/c1-6-4-8(3)12-9(10-6)5-7(2)11-12/h5-6,8,10H,4H2,1-3H3/t6-,8-/m1/s1. The fourth-order valence-corrected chi connectivity index (χ4v) is 1.88. The van der Waals surface area contributed by atoms with E-state index in [1.165, 1.54) is 5.82 Å². The van der Waals surface area contributed by atoms with Crippen LogP contribution in [0.1, 0.15) is 32.0 Å². The highest BCUT2D eigenvalue weighted by Gasteiger charge is 2.20. The average molecular weight is 165 g/mol. The van der Waals surface area contributed by atoms with Crippen LogP contribution in [-0.4, -0.2) is 15.8 Å². The summed E-state index contributed by atoms with van der Waals surface area (Å²) in [7, 11) is 0. The second kappa shape index (κ2) is 2.51. The monoisotopic (exact) mass is 165 g/mol. The summed E-state index contributed by atoms with van der Waals surface area (Å²) in [5, 5.41) is 7.83. The molecule has 1 aromatic rings. The molecule has 0 amide bonds. The molecule has 1 aromatic heterocycles. The molecule has 0 saturated heterocycles. The van der Waals surface area contributed by atoms with Crippen molar-refractivity contribution in [3.05, 3.63) is 11.8 Å².